The Balaban J connectivity index is -0.00000000225. The topological polar surface area (TPSA) is 141 Å². The molecule has 0 spiro atoms. The number of hydrogen-bond donors (Lipinski definition) is 2. The van der Waals surface area contributed by atoms with Gasteiger partial charge in [0.2, 0.25) is 0 Å². The number of nitrogens with zero attached hydrogens (tertiary/aromatic N) is 3. The van der Waals surface area contributed by atoms with Crippen LogP contribution in [-0.2, 0) is 28.7 Å². The number of carbonyl (C=O) groups is 2. The fraction of sp³-hybridized carbons (Fsp3) is 0.321. The molecule has 2 aliphatic heterocycles. The van der Waals surface area contributed by atoms with Crippen LogP contribution in [0.4, 0.5) is 9.52 Å². The normalized spacial score (nSPS) is 6.02. The lowest BCUT2D eigenvalue weighted by Crippen LogP contribution is -3.00. The summed E-state index contributed by atoms with van der Waals surface area (Å²) in [5.74, 6) is -1.61. The number of amides is 1. The lowest BCUT2D eigenvalue weighted by atomic mass is 10.1. The van der Waals surface area contributed by atoms with Gasteiger partial charge in [-0.25, -0.2) is 9.78 Å². The number of benzene rings is 2. The first-order valence-corrected chi connectivity index (χ1v) is 15.6. The molecule has 3 heterocycles. The van der Waals surface area contributed by atoms with E-state index in [1.165, 1.54) is 0 Å². The van der Waals surface area contributed by atoms with E-state index in [1.54, 1.807) is 24.3 Å². The smallest absolute Gasteiger partial charge is 0.358 e. The lowest BCUT2D eigenvalue weighted by molar-refractivity contribution is -0.130. The monoisotopic (exact) mass is 2490 g/mol. The van der Waals surface area contributed by atoms with Gasteiger partial charge in [0.1, 0.15) is 0 Å². The Morgan fingerprint density at radius 1 is 0.308 bits per heavy atom. The Bertz CT molecular complexity index is 1520. The Hall–Kier alpha value is -8.83. The van der Waals surface area contributed by atoms with Crippen LogP contribution in [0.1, 0.15) is 31.4 Å². The molecule has 926 valence electrons. The van der Waals surface area contributed by atoms with Gasteiger partial charge >= 0.3 is 5.97 Å². The average molecular weight is 2490 g/mol. The zero-order valence-corrected chi connectivity index (χ0v) is 59.9. The van der Waals surface area contributed by atoms with Crippen molar-refractivity contribution in [3.63, 3.8) is 0 Å². The maximum absolute atomic E-state index is 13.0. The van der Waals surface area contributed by atoms with Gasteiger partial charge in [0, 0.05) is 31.1 Å². The van der Waals surface area contributed by atoms with Crippen LogP contribution in [0, 0.1) is 12.3 Å². The summed E-state index contributed by atoms with van der Waals surface area (Å²) >= 11 is 5.07. The molecular weight excluding hydrogens is 2460 g/mol. The molecular formula is C28H29F88I2N4O7S-87. The van der Waals surface area contributed by atoms with E-state index in [4.69, 9.17) is 24.3 Å². The minimum absolute atomic E-state index is 0. The van der Waals surface area contributed by atoms with Crippen molar-refractivity contribution in [1.82, 2.24) is 4.98 Å². The number of aromatic nitrogens is 1. The van der Waals surface area contributed by atoms with Crippen LogP contribution < -0.4 is 415 Å². The highest BCUT2D eigenvalue weighted by Crippen LogP contribution is 2.18. The molecule has 2 aromatic carbocycles. The molecule has 2 saturated heterocycles. The Kier molecular flexibility index (Phi) is 6710. The van der Waals surface area contributed by atoms with Gasteiger partial charge in [-0.2, -0.15) is 4.39 Å². The highest BCUT2D eigenvalue weighted by molar-refractivity contribution is 14.1. The van der Waals surface area contributed by atoms with Crippen LogP contribution in [-0.4, -0.2) is 72.0 Å². The van der Waals surface area contributed by atoms with E-state index in [9.17, 15) is 14.0 Å². The summed E-state index contributed by atoms with van der Waals surface area (Å²) in [6.45, 7) is 2.15. The van der Waals surface area contributed by atoms with Crippen molar-refractivity contribution in [2.24, 2.45) is 10.3 Å². The number of anilines is 1. The van der Waals surface area contributed by atoms with Crippen LogP contribution in [0.5, 0.6) is 0 Å². The van der Waals surface area contributed by atoms with E-state index in [1.807, 2.05) is 24.3 Å². The number of halogens is 90. The minimum Gasteiger partial charge on any atom is -1.00 e. The third-order valence-electron chi connectivity index (χ3n) is 5.71. The molecule has 2 atom stereocenters. The Morgan fingerprint density at radius 3 is 0.608 bits per heavy atom. The number of carboxylic acids is 1. The Morgan fingerprint density at radius 2 is 0.469 bits per heavy atom. The van der Waals surface area contributed by atoms with E-state index in [0.717, 1.165) is 37.5 Å². The largest absolute Gasteiger partial charge is 1.00 e. The van der Waals surface area contributed by atoms with E-state index in [2.05, 4.69) is 65.8 Å². The second-order valence-electron chi connectivity index (χ2n) is 8.80. The zero-order valence-electron chi connectivity index (χ0n) is 54.8. The highest BCUT2D eigenvalue weighted by atomic mass is 127. The van der Waals surface area contributed by atoms with Gasteiger partial charge < -0.3 is 434 Å². The number of thiazole rings is 1. The fourth-order valence-electron chi connectivity index (χ4n) is 3.57. The van der Waals surface area contributed by atoms with E-state index in [0.29, 0.717) is 37.6 Å². The lowest BCUT2D eigenvalue weighted by Gasteiger charge is -2.09. The number of hydrogen-bond acceptors (Lipinski definition) is 10. The molecule has 0 radical (unpaired) electrons. The van der Waals surface area contributed by atoms with Crippen LogP contribution >= 0.6 is 56.5 Å². The second kappa shape index (κ2) is 652. The van der Waals surface area contributed by atoms with Crippen LogP contribution in [0.2, 0.25) is 0 Å². The van der Waals surface area contributed by atoms with Crippen LogP contribution in [0.3, 0.4) is 0 Å². The molecule has 5 rings (SSSR count). The number of carbonyl (C=O) groups excluding carboxylic acids is 1. The van der Waals surface area contributed by atoms with Gasteiger partial charge in [0.25, 0.3) is 5.91 Å². The van der Waals surface area contributed by atoms with Crippen LogP contribution in [0.15, 0.2) is 65.0 Å². The summed E-state index contributed by atoms with van der Waals surface area (Å²) in [6.07, 6.45) is 2.19. The molecule has 0 unspecified atom stereocenters. The number of aliphatic carboxylic acids is 1. The summed E-state index contributed by atoms with van der Waals surface area (Å²) in [7, 11) is 0. The molecule has 1 aromatic heterocycles. The number of nitrogens with one attached hydrogen (secondary N) is 1. The van der Waals surface area contributed by atoms with Gasteiger partial charge in [-0.3, -0.25) is 10.1 Å². The molecule has 1 amide bonds. The highest BCUT2D eigenvalue weighted by Gasteiger charge is 2.22. The number of ether oxygens (including phenoxy) is 2. The molecule has 0 aliphatic carbocycles. The van der Waals surface area contributed by atoms with Gasteiger partial charge in [0.05, 0.1) is 32.6 Å². The van der Waals surface area contributed by atoms with Crippen molar-refractivity contribution in [3.05, 3.63) is 78.1 Å². The van der Waals surface area contributed by atoms with Crippen molar-refractivity contribution in [3.8, 4) is 0 Å². The van der Waals surface area contributed by atoms with Crippen molar-refractivity contribution in [2.45, 2.75) is 32.5 Å². The predicted molar refractivity (Wildman–Crippen MR) is 177 cm³/mol. The summed E-state index contributed by atoms with van der Waals surface area (Å²) in [5, 5.41) is 19.1. The quantitative estimate of drug-likeness (QED) is 0.0934. The predicted octanol–water partition coefficient (Wildman–Crippen LogP) is -255. The average Bonchev–Trinajstić information content (AvgIpc) is 3.76. The van der Waals surface area contributed by atoms with Crippen molar-refractivity contribution >= 4 is 84.9 Å². The minimum atomic E-state index is -1.10. The zero-order chi connectivity index (χ0) is 29.9. The Labute approximate surface area is 690 Å². The molecule has 11 nitrogen and oxygen atoms in total. The number of rotatable bonds is 9. The maximum Gasteiger partial charge on any atom is 0.358 e. The molecule has 2 fully saturated rings. The maximum atomic E-state index is 13.0. The first-order chi connectivity index (χ1) is 20.3. The van der Waals surface area contributed by atoms with Gasteiger partial charge in [-0.1, -0.05) is 53.3 Å². The van der Waals surface area contributed by atoms with E-state index < -0.39 is 17.0 Å². The first kappa shape index (κ1) is 1340. The summed E-state index contributed by atoms with van der Waals surface area (Å²) in [6, 6.07) is 14.3. The van der Waals surface area contributed by atoms with Crippen molar-refractivity contribution in [2.75, 3.05) is 31.7 Å². The third kappa shape index (κ3) is 404. The summed E-state index contributed by atoms with van der Waals surface area (Å²) < 4.78 is 25.5. The van der Waals surface area contributed by atoms with Gasteiger partial charge in [0.15, 0.2) is 33.9 Å². The third-order valence-corrected chi connectivity index (χ3v) is 7.85. The standard InChI is InChI=1S/C15H13FIN3O3S.C12H12INO4.CH4.87FH/c16-12-7-18-15(24-12)19-14(21)13(9-1-3-10(17)4-2-9)20-23-11-5-6-22-8-11;13-9-3-1-8(2-4-9)11(12(15)16)14-18-10-5-6-17-7-10;;;;;;;;;;;;;;;;;;;;;;;;;;;;;;;;;;;;;;;;;;;;;;;;;;;;;;;;;;;;;;;;;;;;;;;;;;;;;;;;;;;;;;;;/h1-4,7,11H,5-6,8H2,(H,18,19,21);1-4,10H,5-7H2,(H,15,16);1H4;87*1H/p-87/b20-13+;14-11+;;;;;;;;;;;;;;;;;;;;;;;;;;;;;;;;;;;;;;;;;;;;;;;;;;;;;;;;;;;;;;;;;;;;;;;;;;;;;;;;;;;;;;;;/t11-;10-;;;;;;;;;;;;;;;;;;;;;;;;;;;;;;;;;;;;;;;;;;;;;;;;;;;;;;;;;;;;;;;;;;;;;;;;;;;;;;;;;;;;;;;;/m11......................................................................................../s1. The van der Waals surface area contributed by atoms with Crippen molar-refractivity contribution in [1.29, 1.82) is 0 Å². The molecule has 2 aliphatic rings. The van der Waals surface area contributed by atoms with Crippen molar-refractivity contribution < 1.29 is 448 Å². The molecule has 130 heavy (non-hydrogen) atoms. The van der Waals surface area contributed by atoms with E-state index >= 15 is 0 Å². The molecule has 2 N–H and O–H groups in total. The second-order valence-corrected chi connectivity index (χ2v) is 12.3. The SMILES string of the molecule is C.O=C(Nc1ncc(F)s1)/C(=N/O[C@@H]1CCOC1)c1ccc(I)cc1.O=C(O)/C(=N/O[C@@H]1CCOC1)c1ccc(I)cc1.[F-].[F-].[F-].[F-].[F-].[F-].[F-].[F-].[F-].[F-].[F-].[F-].[F-].[F-].[F-].[F-].[F-].[F-].[F-].[F-].[F-].[F-].[F-].[F-].[F-].[F-].[F-].[F-].[F-].[F-].[F-].[F-].[F-].[F-].[F-].[F-].[F-].[F-].[F-].[F-].[F-].[F-].[F-].[F-].[F-].[F-].[F-].[F-].[F-].[F-].[F-].[F-].[F-].[F-].[F-].[F-].[F-].[F-].[F-].[F-].[F-].[F-].[F-].[F-].[F-].[F-].[F-].[F-].[F-].[F-].[F-].[F-].[F-].[F-].[F-].[F-].[F-].[F-].[F-].[F-].[F-].[F-].[F-].[F-].[F-].[F-].[F-]. The van der Waals surface area contributed by atoms with Gasteiger partial charge in [-0.05, 0) is 69.4 Å². The van der Waals surface area contributed by atoms with Crippen LogP contribution in [0.25, 0.3) is 0 Å². The fourth-order valence-corrected chi connectivity index (χ4v) is 4.83. The molecule has 3 aromatic rings. The molecule has 0 bridgehead atoms. The molecule has 0 saturated carbocycles. The van der Waals surface area contributed by atoms with Gasteiger partial charge in [-0.15, -0.1) is 0 Å². The number of oxime groups is 2. The van der Waals surface area contributed by atoms with E-state index in [-0.39, 0.29) is 445 Å². The number of carboxylic acid groups (broad SMARTS) is 1. The summed E-state index contributed by atoms with van der Waals surface area (Å²) in [5.41, 5.74) is 1.15. The first-order valence-electron chi connectivity index (χ1n) is 12.6. The molecule has 102 heteroatoms. The summed E-state index contributed by atoms with van der Waals surface area (Å²) in [4.78, 5) is 38.0.